The third-order valence-corrected chi connectivity index (χ3v) is 8.92. The maximum Gasteiger partial charge on any atom is 0.472 e. The van der Waals surface area contributed by atoms with E-state index < -0.39 is 51.1 Å². The Hall–Kier alpha value is -2.04. The molecule has 0 bridgehead atoms. The summed E-state index contributed by atoms with van der Waals surface area (Å²) >= 11 is 0. The zero-order valence-electron chi connectivity index (χ0n) is 30.5. The third kappa shape index (κ3) is 32.9. The minimum atomic E-state index is -4.72. The molecule has 0 aliphatic rings. The molecule has 11 nitrogen and oxygen atoms in total. The normalized spacial score (nSPS) is 14.2. The molecule has 4 N–H and O–H groups in total. The third-order valence-electron chi connectivity index (χ3n) is 7.97. The summed E-state index contributed by atoms with van der Waals surface area (Å²) in [4.78, 5) is 45.6. The molecule has 0 spiro atoms. The molecule has 0 radical (unpaired) electrons. The second kappa shape index (κ2) is 33.1. The first-order chi connectivity index (χ1) is 23.6. The molecular formula is C37H68NO10P. The Morgan fingerprint density at radius 3 is 1.67 bits per heavy atom. The Morgan fingerprint density at radius 1 is 0.633 bits per heavy atom. The maximum absolute atomic E-state index is 12.5. The van der Waals surface area contributed by atoms with Gasteiger partial charge in [0.1, 0.15) is 12.6 Å². The van der Waals surface area contributed by atoms with E-state index in [1.807, 2.05) is 12.2 Å². The van der Waals surface area contributed by atoms with E-state index in [0.717, 1.165) is 32.1 Å². The van der Waals surface area contributed by atoms with Gasteiger partial charge in [0.25, 0.3) is 0 Å². The summed E-state index contributed by atoms with van der Waals surface area (Å²) in [6.07, 6.45) is 31.2. The number of ether oxygens (including phenoxy) is 2. The smallest absolute Gasteiger partial charge is 0.472 e. The van der Waals surface area contributed by atoms with E-state index in [0.29, 0.717) is 12.8 Å². The highest BCUT2D eigenvalue weighted by Crippen LogP contribution is 2.43. The Bertz CT molecular complexity index is 942. The molecule has 0 aliphatic carbocycles. The second-order valence-corrected chi connectivity index (χ2v) is 14.2. The number of unbranched alkanes of at least 4 members (excludes halogenated alkanes) is 17. The van der Waals surface area contributed by atoms with Crippen molar-refractivity contribution in [1.29, 1.82) is 0 Å². The lowest BCUT2D eigenvalue weighted by molar-refractivity contribution is -0.161. The van der Waals surface area contributed by atoms with Gasteiger partial charge in [-0.2, -0.15) is 0 Å². The number of hydrogen-bond acceptors (Lipinski definition) is 9. The lowest BCUT2D eigenvalue weighted by Gasteiger charge is -2.20. The Balaban J connectivity index is 4.53. The monoisotopic (exact) mass is 717 g/mol. The molecule has 0 fully saturated rings. The predicted octanol–water partition coefficient (Wildman–Crippen LogP) is 9.11. The average Bonchev–Trinajstić information content (AvgIpc) is 3.07. The minimum absolute atomic E-state index is 0.0576. The zero-order chi connectivity index (χ0) is 36.4. The first kappa shape index (κ1) is 47.0. The number of esters is 2. The number of nitrogens with two attached hydrogens (primary N) is 1. The van der Waals surface area contributed by atoms with Gasteiger partial charge in [0.2, 0.25) is 0 Å². The number of rotatable bonds is 35. The van der Waals surface area contributed by atoms with E-state index in [4.69, 9.17) is 24.8 Å². The van der Waals surface area contributed by atoms with Crippen LogP contribution < -0.4 is 5.73 Å². The van der Waals surface area contributed by atoms with Crippen LogP contribution in [0.1, 0.15) is 162 Å². The summed E-state index contributed by atoms with van der Waals surface area (Å²) in [5.41, 5.74) is 5.31. The molecule has 0 heterocycles. The Morgan fingerprint density at radius 2 is 1.12 bits per heavy atom. The number of phosphoric acid groups is 1. The number of hydrogen-bond donors (Lipinski definition) is 3. The van der Waals surface area contributed by atoms with E-state index in [9.17, 15) is 23.8 Å². The molecule has 0 amide bonds. The molecule has 12 heteroatoms. The van der Waals surface area contributed by atoms with Crippen LogP contribution in [0.25, 0.3) is 0 Å². The highest BCUT2D eigenvalue weighted by Gasteiger charge is 2.28. The number of carboxylic acids is 1. The van der Waals surface area contributed by atoms with Crippen LogP contribution in [0, 0.1) is 0 Å². The van der Waals surface area contributed by atoms with Gasteiger partial charge in [0.15, 0.2) is 6.10 Å². The molecule has 0 aromatic rings. The number of carboxylic acid groups (broad SMARTS) is 1. The van der Waals surface area contributed by atoms with Crippen molar-refractivity contribution in [2.45, 2.75) is 174 Å². The topological polar surface area (TPSA) is 172 Å². The van der Waals surface area contributed by atoms with E-state index >= 15 is 0 Å². The highest BCUT2D eigenvalue weighted by atomic mass is 31.2. The molecule has 2 unspecified atom stereocenters. The minimum Gasteiger partial charge on any atom is -0.480 e. The van der Waals surface area contributed by atoms with Crippen LogP contribution in [0.15, 0.2) is 24.3 Å². The van der Waals surface area contributed by atoms with Crippen molar-refractivity contribution in [3.63, 3.8) is 0 Å². The van der Waals surface area contributed by atoms with Gasteiger partial charge in [-0.1, -0.05) is 141 Å². The molecule has 0 rings (SSSR count). The van der Waals surface area contributed by atoms with Crippen LogP contribution in [0.2, 0.25) is 0 Å². The highest BCUT2D eigenvalue weighted by molar-refractivity contribution is 7.47. The summed E-state index contributed by atoms with van der Waals surface area (Å²) in [5, 5.41) is 8.85. The summed E-state index contributed by atoms with van der Waals surface area (Å²) in [6, 6.07) is -1.53. The molecule has 0 aliphatic heterocycles. The number of carbonyl (C=O) groups is 3. The van der Waals surface area contributed by atoms with Gasteiger partial charge in [-0.15, -0.1) is 0 Å². The molecule has 0 aromatic heterocycles. The lowest BCUT2D eigenvalue weighted by atomic mass is 10.0. The van der Waals surface area contributed by atoms with Gasteiger partial charge in [0, 0.05) is 12.8 Å². The Labute approximate surface area is 296 Å². The fourth-order valence-corrected chi connectivity index (χ4v) is 5.72. The molecular weight excluding hydrogens is 649 g/mol. The van der Waals surface area contributed by atoms with Crippen molar-refractivity contribution >= 4 is 25.7 Å². The summed E-state index contributed by atoms with van der Waals surface area (Å²) in [6.45, 7) is 2.71. The van der Waals surface area contributed by atoms with E-state index in [2.05, 4.69) is 30.5 Å². The first-order valence-electron chi connectivity index (χ1n) is 18.9. The number of phosphoric ester groups is 1. The largest absolute Gasteiger partial charge is 0.480 e. The van der Waals surface area contributed by atoms with Crippen molar-refractivity contribution in [2.75, 3.05) is 19.8 Å². The van der Waals surface area contributed by atoms with Gasteiger partial charge in [-0.3, -0.25) is 23.4 Å². The first-order valence-corrected chi connectivity index (χ1v) is 20.4. The van der Waals surface area contributed by atoms with Crippen LogP contribution >= 0.6 is 7.82 Å². The van der Waals surface area contributed by atoms with Crippen molar-refractivity contribution < 1.29 is 47.5 Å². The molecule has 3 atom stereocenters. The number of allylic oxidation sites excluding steroid dienone is 4. The van der Waals surface area contributed by atoms with Gasteiger partial charge in [0.05, 0.1) is 13.2 Å². The molecule has 0 saturated heterocycles. The zero-order valence-corrected chi connectivity index (χ0v) is 31.4. The van der Waals surface area contributed by atoms with Crippen molar-refractivity contribution in [1.82, 2.24) is 0 Å². The maximum atomic E-state index is 12.5. The van der Waals surface area contributed by atoms with Crippen molar-refractivity contribution in [2.24, 2.45) is 5.73 Å². The number of aliphatic carboxylic acids is 1. The lowest BCUT2D eigenvalue weighted by Crippen LogP contribution is -2.34. The quantitative estimate of drug-likeness (QED) is 0.0247. The molecule has 0 saturated carbocycles. The van der Waals surface area contributed by atoms with Crippen LogP contribution in [-0.2, 0) is 37.5 Å². The molecule has 0 aromatic carbocycles. The fourth-order valence-electron chi connectivity index (χ4n) is 4.94. The standard InChI is InChI=1S/C37H68NO10P/c1-3-5-7-9-11-13-15-17-19-21-23-25-27-29-36(40)48-33(31-46-49(43,44)47-32-34(38)37(41)42)30-45-35(39)28-26-24-22-20-18-16-14-12-10-8-6-4-2/h17,19,23,25,33-34H,3-16,18,20-22,24,26-32,38H2,1-2H3,(H,41,42)(H,43,44)/b19-17+,25-23+/t33?,34-/m0/s1. The van der Waals surface area contributed by atoms with E-state index in [1.54, 1.807) is 0 Å². The van der Waals surface area contributed by atoms with E-state index in [1.165, 1.54) is 89.9 Å². The summed E-state index contributed by atoms with van der Waals surface area (Å²) in [7, 11) is -4.72. The fraction of sp³-hybridized carbons (Fsp3) is 0.811. The van der Waals surface area contributed by atoms with Crippen LogP contribution in [-0.4, -0.2) is 59.9 Å². The van der Waals surface area contributed by atoms with Crippen LogP contribution in [0.3, 0.4) is 0 Å². The van der Waals surface area contributed by atoms with E-state index in [-0.39, 0.29) is 19.4 Å². The van der Waals surface area contributed by atoms with Gasteiger partial charge in [-0.25, -0.2) is 4.57 Å². The summed E-state index contributed by atoms with van der Waals surface area (Å²) in [5.74, 6) is -2.46. The second-order valence-electron chi connectivity index (χ2n) is 12.7. The van der Waals surface area contributed by atoms with Crippen LogP contribution in [0.4, 0.5) is 0 Å². The van der Waals surface area contributed by atoms with Crippen molar-refractivity contribution in [3.8, 4) is 0 Å². The molecule has 49 heavy (non-hydrogen) atoms. The van der Waals surface area contributed by atoms with Gasteiger partial charge < -0.3 is 25.2 Å². The van der Waals surface area contributed by atoms with Gasteiger partial charge >= 0.3 is 25.7 Å². The van der Waals surface area contributed by atoms with Gasteiger partial charge in [-0.05, 0) is 32.1 Å². The predicted molar refractivity (Wildman–Crippen MR) is 194 cm³/mol. The SMILES string of the molecule is CCCCCCCC/C=C/C/C=C/CCC(=O)OC(COC(=O)CCCCCCCCCCCCCC)COP(=O)(O)OC[C@H](N)C(=O)O. The number of carbonyl (C=O) groups excluding carboxylic acids is 2. The van der Waals surface area contributed by atoms with Crippen LogP contribution in [0.5, 0.6) is 0 Å². The molecule has 286 valence electrons. The van der Waals surface area contributed by atoms with Crippen molar-refractivity contribution in [3.05, 3.63) is 24.3 Å². The summed E-state index contributed by atoms with van der Waals surface area (Å²) < 4.78 is 32.4. The Kier molecular flexibility index (Phi) is 31.7. The average molecular weight is 718 g/mol.